The van der Waals surface area contributed by atoms with Gasteiger partial charge < -0.3 is 9.84 Å². The number of aliphatic carboxylic acids is 1. The number of hydrogen-bond donors (Lipinski definition) is 1. The molecule has 0 fully saturated rings. The highest BCUT2D eigenvalue weighted by Gasteiger charge is 2.12. The Hall–Kier alpha value is -1.56. The molecule has 0 aliphatic heterocycles. The Labute approximate surface area is 99.8 Å². The summed E-state index contributed by atoms with van der Waals surface area (Å²) in [5.41, 5.74) is 0.817. The van der Waals surface area contributed by atoms with Crippen molar-refractivity contribution >= 4 is 27.4 Å². The lowest BCUT2D eigenvalue weighted by Gasteiger charge is -2.02. The molecule has 2 heterocycles. The number of hydrogen-bond acceptors (Lipinski definition) is 3. The van der Waals surface area contributed by atoms with E-state index in [0.717, 1.165) is 5.52 Å². The predicted molar refractivity (Wildman–Crippen MR) is 60.8 cm³/mol. The number of carbonyl (C=O) groups is 1. The summed E-state index contributed by atoms with van der Waals surface area (Å²) in [6, 6.07) is 3.62. The average Bonchev–Trinajstić information content (AvgIpc) is 2.54. The zero-order valence-electron chi connectivity index (χ0n) is 8.48. The van der Waals surface area contributed by atoms with Crippen molar-refractivity contribution in [1.29, 1.82) is 0 Å². The Morgan fingerprint density at radius 2 is 2.38 bits per heavy atom. The number of carboxylic acids is 1. The molecule has 0 aliphatic rings. The number of ether oxygens (including phenoxy) is 1. The molecule has 0 atom stereocenters. The lowest BCUT2D eigenvalue weighted by molar-refractivity contribution is -0.136. The molecule has 6 heteroatoms. The zero-order valence-corrected chi connectivity index (χ0v) is 10.1. The fraction of sp³-hybridized carbons (Fsp3) is 0.200. The number of pyridine rings is 1. The van der Waals surface area contributed by atoms with Crippen molar-refractivity contribution in [2.45, 2.75) is 6.42 Å². The van der Waals surface area contributed by atoms with Crippen LogP contribution in [0.3, 0.4) is 0 Å². The van der Waals surface area contributed by atoms with Crippen molar-refractivity contribution < 1.29 is 14.6 Å². The van der Waals surface area contributed by atoms with Gasteiger partial charge in [-0.05, 0) is 28.1 Å². The van der Waals surface area contributed by atoms with Crippen LogP contribution < -0.4 is 4.74 Å². The van der Waals surface area contributed by atoms with Gasteiger partial charge in [0.2, 0.25) is 0 Å². The summed E-state index contributed by atoms with van der Waals surface area (Å²) < 4.78 is 7.42. The van der Waals surface area contributed by atoms with Gasteiger partial charge in [-0.2, -0.15) is 0 Å². The average molecular weight is 285 g/mol. The highest BCUT2D eigenvalue weighted by Crippen LogP contribution is 2.22. The van der Waals surface area contributed by atoms with Gasteiger partial charge in [-0.25, -0.2) is 4.98 Å². The number of imidazole rings is 1. The standard InChI is InChI=1S/C10H9BrN2O3/c1-16-6-2-3-7-10(11)12-8(4-9(14)15)13(7)5-6/h2-3,5H,4H2,1H3,(H,14,15). The number of methoxy groups -OCH3 is 1. The first-order chi connectivity index (χ1) is 7.61. The third-order valence-corrected chi connectivity index (χ3v) is 2.77. The summed E-state index contributed by atoms with van der Waals surface area (Å²) in [5.74, 6) is 0.208. The van der Waals surface area contributed by atoms with E-state index < -0.39 is 5.97 Å². The molecule has 0 radical (unpaired) electrons. The third kappa shape index (κ3) is 1.88. The maximum absolute atomic E-state index is 10.7. The minimum Gasteiger partial charge on any atom is -0.495 e. The van der Waals surface area contributed by atoms with Gasteiger partial charge >= 0.3 is 5.97 Å². The van der Waals surface area contributed by atoms with Crippen LogP contribution >= 0.6 is 15.9 Å². The minimum atomic E-state index is -0.915. The SMILES string of the molecule is COc1ccc2c(Br)nc(CC(=O)O)n2c1. The largest absolute Gasteiger partial charge is 0.495 e. The van der Waals surface area contributed by atoms with Crippen molar-refractivity contribution in [1.82, 2.24) is 9.38 Å². The fourth-order valence-electron chi connectivity index (χ4n) is 1.47. The Kier molecular flexibility index (Phi) is 2.82. The van der Waals surface area contributed by atoms with Crippen molar-refractivity contribution in [3.8, 4) is 5.75 Å². The molecule has 0 amide bonds. The van der Waals surface area contributed by atoms with Gasteiger partial charge in [-0.1, -0.05) is 0 Å². The molecule has 0 saturated heterocycles. The monoisotopic (exact) mass is 284 g/mol. The third-order valence-electron chi connectivity index (χ3n) is 2.18. The molecule has 84 valence electrons. The van der Waals surface area contributed by atoms with Crippen LogP contribution in [0.4, 0.5) is 0 Å². The second kappa shape index (κ2) is 4.13. The van der Waals surface area contributed by atoms with Crippen molar-refractivity contribution in [3.63, 3.8) is 0 Å². The summed E-state index contributed by atoms with van der Waals surface area (Å²) in [5, 5.41) is 8.76. The number of nitrogens with zero attached hydrogens (tertiary/aromatic N) is 2. The van der Waals surface area contributed by atoms with E-state index >= 15 is 0 Å². The van der Waals surface area contributed by atoms with Crippen LogP contribution in [0.25, 0.3) is 5.52 Å². The van der Waals surface area contributed by atoms with E-state index in [1.165, 1.54) is 0 Å². The van der Waals surface area contributed by atoms with E-state index in [1.54, 1.807) is 23.8 Å². The molecular weight excluding hydrogens is 276 g/mol. The first-order valence-corrected chi connectivity index (χ1v) is 5.33. The second-order valence-corrected chi connectivity index (χ2v) is 3.96. The molecule has 2 aromatic rings. The van der Waals surface area contributed by atoms with Crippen LogP contribution in [-0.4, -0.2) is 27.6 Å². The highest BCUT2D eigenvalue weighted by molar-refractivity contribution is 9.10. The molecule has 0 bridgehead atoms. The van der Waals surface area contributed by atoms with E-state index in [9.17, 15) is 4.79 Å². The van der Waals surface area contributed by atoms with Gasteiger partial charge in [0.15, 0.2) is 0 Å². The number of carboxylic acid groups (broad SMARTS) is 1. The van der Waals surface area contributed by atoms with Crippen LogP contribution in [-0.2, 0) is 11.2 Å². The molecule has 16 heavy (non-hydrogen) atoms. The molecule has 2 rings (SSSR count). The topological polar surface area (TPSA) is 63.8 Å². The summed E-state index contributed by atoms with van der Waals surface area (Å²) in [4.78, 5) is 14.8. The van der Waals surface area contributed by atoms with Gasteiger partial charge in [0.1, 0.15) is 22.6 Å². The summed E-state index contributed by atoms with van der Waals surface area (Å²) >= 11 is 3.29. The number of aromatic nitrogens is 2. The molecule has 0 spiro atoms. The Balaban J connectivity index is 2.60. The summed E-state index contributed by atoms with van der Waals surface area (Å²) in [6.07, 6.45) is 1.59. The summed E-state index contributed by atoms with van der Waals surface area (Å²) in [6.45, 7) is 0. The van der Waals surface area contributed by atoms with Gasteiger partial charge in [0, 0.05) is 0 Å². The van der Waals surface area contributed by atoms with Crippen LogP contribution in [0.2, 0.25) is 0 Å². The van der Waals surface area contributed by atoms with Crippen LogP contribution in [0.1, 0.15) is 5.82 Å². The first kappa shape index (κ1) is 10.9. The van der Waals surface area contributed by atoms with Crippen LogP contribution in [0.5, 0.6) is 5.75 Å². The molecule has 0 aromatic carbocycles. The Morgan fingerprint density at radius 1 is 1.62 bits per heavy atom. The Bertz CT molecular complexity index is 550. The molecular formula is C10H9BrN2O3. The molecule has 5 nitrogen and oxygen atoms in total. The highest BCUT2D eigenvalue weighted by atomic mass is 79.9. The van der Waals surface area contributed by atoms with Gasteiger partial charge in [0.25, 0.3) is 0 Å². The maximum atomic E-state index is 10.7. The zero-order chi connectivity index (χ0) is 11.7. The van der Waals surface area contributed by atoms with Crippen molar-refractivity contribution in [3.05, 3.63) is 28.8 Å². The lowest BCUT2D eigenvalue weighted by Crippen LogP contribution is -2.04. The first-order valence-electron chi connectivity index (χ1n) is 4.54. The van der Waals surface area contributed by atoms with E-state index in [0.29, 0.717) is 16.2 Å². The van der Waals surface area contributed by atoms with E-state index in [-0.39, 0.29) is 6.42 Å². The summed E-state index contributed by atoms with van der Waals surface area (Å²) in [7, 11) is 1.56. The number of rotatable bonds is 3. The predicted octanol–water partition coefficient (Wildman–Crippen LogP) is 1.73. The van der Waals surface area contributed by atoms with E-state index in [1.807, 2.05) is 6.07 Å². The number of fused-ring (bicyclic) bond motifs is 1. The molecule has 0 saturated carbocycles. The molecule has 1 N–H and O–H groups in total. The minimum absolute atomic E-state index is 0.125. The molecule has 0 aliphatic carbocycles. The van der Waals surface area contributed by atoms with Gasteiger partial charge in [-0.15, -0.1) is 0 Å². The lowest BCUT2D eigenvalue weighted by atomic mass is 10.4. The fourth-order valence-corrected chi connectivity index (χ4v) is 2.00. The second-order valence-electron chi connectivity index (χ2n) is 3.21. The van der Waals surface area contributed by atoms with E-state index in [2.05, 4.69) is 20.9 Å². The van der Waals surface area contributed by atoms with Crippen molar-refractivity contribution in [2.24, 2.45) is 0 Å². The van der Waals surface area contributed by atoms with E-state index in [4.69, 9.17) is 9.84 Å². The normalized spacial score (nSPS) is 10.6. The quantitative estimate of drug-likeness (QED) is 0.932. The number of halogens is 1. The van der Waals surface area contributed by atoms with Crippen LogP contribution in [0, 0.1) is 0 Å². The van der Waals surface area contributed by atoms with Gasteiger partial charge in [-0.3, -0.25) is 9.20 Å². The van der Waals surface area contributed by atoms with Crippen LogP contribution in [0.15, 0.2) is 22.9 Å². The van der Waals surface area contributed by atoms with Gasteiger partial charge in [0.05, 0.1) is 18.8 Å². The molecule has 0 unspecified atom stereocenters. The Morgan fingerprint density at radius 3 is 3.00 bits per heavy atom. The smallest absolute Gasteiger partial charge is 0.311 e. The maximum Gasteiger partial charge on any atom is 0.311 e. The molecule has 2 aromatic heterocycles. The van der Waals surface area contributed by atoms with Crippen molar-refractivity contribution in [2.75, 3.05) is 7.11 Å².